The zero-order chi connectivity index (χ0) is 24.9. The molecule has 0 atom stereocenters. The molecule has 10 heteroatoms. The number of H-pyrrole nitrogens is 1. The van der Waals surface area contributed by atoms with E-state index in [9.17, 15) is 9.18 Å². The van der Waals surface area contributed by atoms with Crippen molar-refractivity contribution in [2.24, 2.45) is 0 Å². The van der Waals surface area contributed by atoms with Gasteiger partial charge in [0.25, 0.3) is 0 Å². The Labute approximate surface area is 198 Å². The molecule has 34 heavy (non-hydrogen) atoms. The number of nitrogens with one attached hydrogen (secondary N) is 3. The number of amides is 1. The van der Waals surface area contributed by atoms with E-state index in [0.717, 1.165) is 12.8 Å². The zero-order valence-corrected chi connectivity index (χ0v) is 20.0. The Morgan fingerprint density at radius 2 is 1.97 bits per heavy atom. The molecule has 1 aromatic heterocycles. The summed E-state index contributed by atoms with van der Waals surface area (Å²) >= 11 is 0. The first-order chi connectivity index (χ1) is 16.2. The number of carbonyl (C=O) groups is 1. The number of carbonyl (C=O) groups excluding carboxylic acids is 1. The molecule has 3 rings (SSSR count). The van der Waals surface area contributed by atoms with Crippen LogP contribution in [0.3, 0.4) is 0 Å². The molecule has 1 aliphatic carbocycles. The minimum absolute atomic E-state index is 0.222. The Morgan fingerprint density at radius 3 is 2.56 bits per heavy atom. The van der Waals surface area contributed by atoms with Crippen molar-refractivity contribution in [1.29, 1.82) is 5.41 Å². The van der Waals surface area contributed by atoms with Crippen LogP contribution >= 0.6 is 0 Å². The van der Waals surface area contributed by atoms with Crippen LogP contribution in [-0.4, -0.2) is 70.3 Å². The van der Waals surface area contributed by atoms with Gasteiger partial charge in [-0.05, 0) is 39.8 Å². The summed E-state index contributed by atoms with van der Waals surface area (Å²) < 4.78 is 25.4. The maximum atomic E-state index is 14.7. The third-order valence-corrected chi connectivity index (χ3v) is 5.80. The summed E-state index contributed by atoms with van der Waals surface area (Å²) in [7, 11) is 0. The molecule has 0 radical (unpaired) electrons. The number of halogens is 1. The predicted molar refractivity (Wildman–Crippen MR) is 130 cm³/mol. The molecule has 0 spiro atoms. The van der Waals surface area contributed by atoms with Gasteiger partial charge in [-0.25, -0.2) is 9.18 Å². The first kappa shape index (κ1) is 25.1. The molecule has 2 aliphatic rings. The minimum Gasteiger partial charge on any atom is -0.489 e. The average molecular weight is 473 g/mol. The highest BCUT2D eigenvalue weighted by atomic mass is 19.1. The summed E-state index contributed by atoms with van der Waals surface area (Å²) in [6.45, 7) is 15.3. The first-order valence-corrected chi connectivity index (χ1v) is 11.3. The quantitative estimate of drug-likeness (QED) is 0.304. The van der Waals surface area contributed by atoms with Gasteiger partial charge >= 0.3 is 6.09 Å². The van der Waals surface area contributed by atoms with E-state index in [4.69, 9.17) is 14.9 Å². The topological polar surface area (TPSA) is 107 Å². The molecule has 1 saturated heterocycles. The second-order valence-electron chi connectivity index (χ2n) is 8.53. The van der Waals surface area contributed by atoms with Gasteiger partial charge in [0.1, 0.15) is 22.9 Å². The number of rotatable bonds is 8. The SMILES string of the molecule is C=CNC(=CC(=N)N1CCN(C(=O)OCC)CC1)c1n[nH]/c(=C/C(F)=C(\C)OC2(C)CC2)c1=C. The molecule has 1 saturated carbocycles. The van der Waals surface area contributed by atoms with Crippen LogP contribution in [0.5, 0.6) is 0 Å². The lowest BCUT2D eigenvalue weighted by Gasteiger charge is -2.34. The van der Waals surface area contributed by atoms with Crippen LogP contribution in [-0.2, 0) is 9.47 Å². The Balaban J connectivity index is 1.76. The van der Waals surface area contributed by atoms with Crippen molar-refractivity contribution in [2.75, 3.05) is 32.8 Å². The van der Waals surface area contributed by atoms with Crippen molar-refractivity contribution in [1.82, 2.24) is 25.3 Å². The maximum Gasteiger partial charge on any atom is 0.409 e. The van der Waals surface area contributed by atoms with Crippen molar-refractivity contribution in [2.45, 2.75) is 39.2 Å². The second-order valence-corrected chi connectivity index (χ2v) is 8.53. The smallest absolute Gasteiger partial charge is 0.409 e. The van der Waals surface area contributed by atoms with Crippen molar-refractivity contribution >= 4 is 30.3 Å². The third-order valence-electron chi connectivity index (χ3n) is 5.80. The van der Waals surface area contributed by atoms with Crippen LogP contribution < -0.4 is 15.9 Å². The number of allylic oxidation sites excluding steroid dienone is 2. The van der Waals surface area contributed by atoms with Crippen LogP contribution in [0.4, 0.5) is 9.18 Å². The van der Waals surface area contributed by atoms with Gasteiger partial charge in [-0.1, -0.05) is 13.2 Å². The molecule has 1 aliphatic heterocycles. The number of nitrogens with zero attached hydrogens (tertiary/aromatic N) is 3. The van der Waals surface area contributed by atoms with E-state index < -0.39 is 5.83 Å². The van der Waals surface area contributed by atoms with Gasteiger partial charge in [-0.3, -0.25) is 10.5 Å². The molecule has 0 aromatic carbocycles. The average Bonchev–Trinajstić information content (AvgIpc) is 3.43. The highest BCUT2D eigenvalue weighted by molar-refractivity contribution is 5.96. The third kappa shape index (κ3) is 6.06. The van der Waals surface area contributed by atoms with Crippen LogP contribution in [0.25, 0.3) is 18.4 Å². The zero-order valence-electron chi connectivity index (χ0n) is 20.0. The number of amidine groups is 1. The standard InChI is InChI=1S/C24H33FN6O3/c1-6-27-20(15-21(26)30-10-12-31(13-11-30)23(32)33-7-2)22-16(3)19(28-29-22)14-18(25)17(4)34-24(5)8-9-24/h6,14-15,26-28H,1,3,7-13H2,2,4-5H3/b18-17-,19-14+,20-15?,26-21?. The highest BCUT2D eigenvalue weighted by Gasteiger charge is 2.40. The van der Waals surface area contributed by atoms with Gasteiger partial charge in [-0.15, -0.1) is 0 Å². The highest BCUT2D eigenvalue weighted by Crippen LogP contribution is 2.41. The molecule has 0 bridgehead atoms. The van der Waals surface area contributed by atoms with E-state index >= 15 is 0 Å². The Bertz CT molecular complexity index is 1110. The van der Waals surface area contributed by atoms with Gasteiger partial charge in [0, 0.05) is 43.5 Å². The summed E-state index contributed by atoms with van der Waals surface area (Å²) in [4.78, 5) is 15.4. The lowest BCUT2D eigenvalue weighted by Crippen LogP contribution is -2.50. The first-order valence-electron chi connectivity index (χ1n) is 11.3. The second kappa shape index (κ2) is 10.6. The van der Waals surface area contributed by atoms with E-state index in [0.29, 0.717) is 54.7 Å². The largest absolute Gasteiger partial charge is 0.489 e. The molecule has 0 unspecified atom stereocenters. The fourth-order valence-corrected chi connectivity index (χ4v) is 3.51. The summed E-state index contributed by atoms with van der Waals surface area (Å²) in [6.07, 6.45) is 5.89. The van der Waals surface area contributed by atoms with Crippen molar-refractivity contribution in [3.8, 4) is 0 Å². The number of hydrogen-bond acceptors (Lipinski definition) is 6. The lowest BCUT2D eigenvalue weighted by molar-refractivity contribution is 0.0920. The van der Waals surface area contributed by atoms with E-state index in [1.54, 1.807) is 24.8 Å². The minimum atomic E-state index is -0.498. The van der Waals surface area contributed by atoms with Crippen LogP contribution in [0.15, 0.2) is 30.4 Å². The Hall–Kier alpha value is -3.56. The van der Waals surface area contributed by atoms with E-state index in [-0.39, 0.29) is 23.3 Å². The van der Waals surface area contributed by atoms with Crippen molar-refractivity contribution < 1.29 is 18.7 Å². The number of aromatic nitrogens is 2. The van der Waals surface area contributed by atoms with E-state index in [1.807, 2.05) is 11.8 Å². The molecule has 2 fully saturated rings. The fraction of sp³-hybridized carbons (Fsp3) is 0.458. The molecular formula is C24H33FN6O3. The Morgan fingerprint density at radius 1 is 1.32 bits per heavy atom. The van der Waals surface area contributed by atoms with Gasteiger partial charge in [0.2, 0.25) is 0 Å². The maximum absolute atomic E-state index is 14.7. The summed E-state index contributed by atoms with van der Waals surface area (Å²) in [5.74, 6) is -0.0318. The number of piperazine rings is 1. The molecule has 1 aromatic rings. The van der Waals surface area contributed by atoms with Gasteiger partial charge in [0.05, 0.1) is 17.7 Å². The molecule has 3 N–H and O–H groups in total. The Kier molecular flexibility index (Phi) is 7.80. The van der Waals surface area contributed by atoms with E-state index in [1.165, 1.54) is 12.3 Å². The molecular weight excluding hydrogens is 439 g/mol. The summed E-state index contributed by atoms with van der Waals surface area (Å²) in [5.41, 5.74) is 0.673. The number of aromatic amines is 1. The van der Waals surface area contributed by atoms with Crippen molar-refractivity contribution in [3.63, 3.8) is 0 Å². The van der Waals surface area contributed by atoms with Gasteiger partial charge in [-0.2, -0.15) is 5.10 Å². The number of hydrogen-bond donors (Lipinski definition) is 3. The summed E-state index contributed by atoms with van der Waals surface area (Å²) in [6, 6.07) is 0. The van der Waals surface area contributed by atoms with Crippen LogP contribution in [0, 0.1) is 5.41 Å². The van der Waals surface area contributed by atoms with E-state index in [2.05, 4.69) is 28.7 Å². The molecule has 2 heterocycles. The summed E-state index contributed by atoms with van der Waals surface area (Å²) in [5, 5.41) is 19.5. The normalized spacial score (nSPS) is 18.8. The van der Waals surface area contributed by atoms with Crippen molar-refractivity contribution in [3.05, 3.63) is 46.7 Å². The number of ether oxygens (including phenoxy) is 2. The fourth-order valence-electron chi connectivity index (χ4n) is 3.51. The van der Waals surface area contributed by atoms with Crippen LogP contribution in [0.2, 0.25) is 0 Å². The molecule has 1 amide bonds. The monoisotopic (exact) mass is 472 g/mol. The lowest BCUT2D eigenvalue weighted by atomic mass is 10.2. The predicted octanol–water partition coefficient (Wildman–Crippen LogP) is 2.20. The van der Waals surface area contributed by atoms with Gasteiger partial charge < -0.3 is 24.6 Å². The molecule has 9 nitrogen and oxygen atoms in total. The van der Waals surface area contributed by atoms with Gasteiger partial charge in [0.15, 0.2) is 5.83 Å². The van der Waals surface area contributed by atoms with Crippen LogP contribution in [0.1, 0.15) is 39.3 Å². The molecule has 184 valence electrons.